The summed E-state index contributed by atoms with van der Waals surface area (Å²) in [7, 11) is 0. The van der Waals surface area contributed by atoms with Gasteiger partial charge in [0.1, 0.15) is 5.82 Å². The molecule has 0 aliphatic rings. The quantitative estimate of drug-likeness (QED) is 0.868. The first-order chi connectivity index (χ1) is 11.3. The number of hydrogen-bond donors (Lipinski definition) is 2. The number of nitrogens with one attached hydrogen (secondary N) is 2. The molecule has 2 aromatic rings. The summed E-state index contributed by atoms with van der Waals surface area (Å²) in [6, 6.07) is 11.3. The van der Waals surface area contributed by atoms with Crippen LogP contribution >= 0.6 is 0 Å². The van der Waals surface area contributed by atoms with Crippen molar-refractivity contribution in [3.05, 3.63) is 47.7 Å². The molecule has 1 aromatic carbocycles. The number of rotatable bonds is 5. The van der Waals surface area contributed by atoms with Gasteiger partial charge in [-0.05, 0) is 35.1 Å². The number of aromatic nitrogens is 2. The van der Waals surface area contributed by atoms with Crippen LogP contribution in [-0.4, -0.2) is 22.6 Å². The Morgan fingerprint density at radius 3 is 2.38 bits per heavy atom. The molecule has 0 saturated carbocycles. The monoisotopic (exact) mass is 326 g/mol. The third kappa shape index (κ3) is 4.78. The Hall–Kier alpha value is -2.43. The van der Waals surface area contributed by atoms with Crippen LogP contribution in [0.3, 0.4) is 0 Å². The zero-order chi connectivity index (χ0) is 17.7. The van der Waals surface area contributed by atoms with Gasteiger partial charge in [0.25, 0.3) is 5.91 Å². The standard InChI is InChI=1S/C19H26N4O/c1-13(2)12-20-17-11-10-16(22-23-17)18(24)21-15-9-7-6-8-14(15)19(3,4)5/h6-11,13H,12H2,1-5H3,(H,20,23)(H,21,24). The first kappa shape index (κ1) is 17.9. The summed E-state index contributed by atoms with van der Waals surface area (Å²) in [6.07, 6.45) is 0. The number of hydrogen-bond acceptors (Lipinski definition) is 4. The molecule has 0 aliphatic heterocycles. The van der Waals surface area contributed by atoms with Gasteiger partial charge in [0.2, 0.25) is 0 Å². The molecule has 2 rings (SSSR count). The van der Waals surface area contributed by atoms with Crippen LogP contribution in [0, 0.1) is 5.92 Å². The average molecular weight is 326 g/mol. The maximum Gasteiger partial charge on any atom is 0.276 e. The minimum atomic E-state index is -0.255. The smallest absolute Gasteiger partial charge is 0.276 e. The van der Waals surface area contributed by atoms with Crippen LogP contribution in [0.2, 0.25) is 0 Å². The van der Waals surface area contributed by atoms with Gasteiger partial charge in [0.05, 0.1) is 0 Å². The van der Waals surface area contributed by atoms with Crippen molar-refractivity contribution in [2.75, 3.05) is 17.2 Å². The summed E-state index contributed by atoms with van der Waals surface area (Å²) >= 11 is 0. The van der Waals surface area contributed by atoms with Gasteiger partial charge < -0.3 is 10.6 Å². The van der Waals surface area contributed by atoms with E-state index in [0.29, 0.717) is 17.4 Å². The third-order valence-corrected chi connectivity index (χ3v) is 3.57. The molecule has 1 amide bonds. The van der Waals surface area contributed by atoms with Gasteiger partial charge in [-0.1, -0.05) is 52.8 Å². The normalized spacial score (nSPS) is 11.4. The van der Waals surface area contributed by atoms with Crippen LogP contribution in [-0.2, 0) is 5.41 Å². The fraction of sp³-hybridized carbons (Fsp3) is 0.421. The van der Waals surface area contributed by atoms with E-state index in [0.717, 1.165) is 17.8 Å². The van der Waals surface area contributed by atoms with E-state index in [4.69, 9.17) is 0 Å². The first-order valence-corrected chi connectivity index (χ1v) is 8.26. The Kier molecular flexibility index (Phi) is 5.54. The van der Waals surface area contributed by atoms with Gasteiger partial charge >= 0.3 is 0 Å². The van der Waals surface area contributed by atoms with Crippen molar-refractivity contribution in [1.82, 2.24) is 10.2 Å². The van der Waals surface area contributed by atoms with Crippen molar-refractivity contribution in [2.45, 2.75) is 40.0 Å². The number of carbonyl (C=O) groups excluding carboxylic acids is 1. The lowest BCUT2D eigenvalue weighted by atomic mass is 9.86. The molecule has 0 unspecified atom stereocenters. The largest absolute Gasteiger partial charge is 0.368 e. The molecule has 0 bridgehead atoms. The van der Waals surface area contributed by atoms with E-state index in [2.05, 4.69) is 55.4 Å². The third-order valence-electron chi connectivity index (χ3n) is 3.57. The number of para-hydroxylation sites is 1. The summed E-state index contributed by atoms with van der Waals surface area (Å²) in [5.41, 5.74) is 2.13. The van der Waals surface area contributed by atoms with Crippen LogP contribution in [0.5, 0.6) is 0 Å². The predicted molar refractivity (Wildman–Crippen MR) is 98.5 cm³/mol. The molecule has 1 aromatic heterocycles. The number of carbonyl (C=O) groups is 1. The van der Waals surface area contributed by atoms with Crippen molar-refractivity contribution < 1.29 is 4.79 Å². The van der Waals surface area contributed by atoms with Crippen LogP contribution in [0.4, 0.5) is 11.5 Å². The molecule has 0 atom stereocenters. The van der Waals surface area contributed by atoms with E-state index in [9.17, 15) is 4.79 Å². The second-order valence-corrected chi connectivity index (χ2v) is 7.33. The fourth-order valence-corrected chi connectivity index (χ4v) is 2.29. The minimum Gasteiger partial charge on any atom is -0.368 e. The molecular formula is C19H26N4O. The Labute approximate surface area is 143 Å². The Balaban J connectivity index is 2.11. The highest BCUT2D eigenvalue weighted by molar-refractivity contribution is 6.03. The molecule has 128 valence electrons. The van der Waals surface area contributed by atoms with E-state index in [1.807, 2.05) is 24.3 Å². The van der Waals surface area contributed by atoms with E-state index in [1.54, 1.807) is 12.1 Å². The number of nitrogens with zero attached hydrogens (tertiary/aromatic N) is 2. The number of benzene rings is 1. The van der Waals surface area contributed by atoms with Crippen LogP contribution < -0.4 is 10.6 Å². The molecular weight excluding hydrogens is 300 g/mol. The zero-order valence-electron chi connectivity index (χ0n) is 15.1. The summed E-state index contributed by atoms with van der Waals surface area (Å²) in [5.74, 6) is 0.939. The fourth-order valence-electron chi connectivity index (χ4n) is 2.29. The molecule has 2 N–H and O–H groups in total. The van der Waals surface area contributed by atoms with Gasteiger partial charge in [-0.25, -0.2) is 0 Å². The Morgan fingerprint density at radius 1 is 1.08 bits per heavy atom. The molecule has 0 spiro atoms. The van der Waals surface area contributed by atoms with E-state index in [1.165, 1.54) is 0 Å². The second-order valence-electron chi connectivity index (χ2n) is 7.33. The highest BCUT2D eigenvalue weighted by atomic mass is 16.1. The summed E-state index contributed by atoms with van der Waals surface area (Å²) < 4.78 is 0. The first-order valence-electron chi connectivity index (χ1n) is 8.26. The Morgan fingerprint density at radius 2 is 1.79 bits per heavy atom. The molecule has 0 fully saturated rings. The maximum absolute atomic E-state index is 12.4. The molecule has 5 nitrogen and oxygen atoms in total. The van der Waals surface area contributed by atoms with Gasteiger partial charge in [0.15, 0.2) is 5.69 Å². The molecule has 0 radical (unpaired) electrons. The number of amides is 1. The van der Waals surface area contributed by atoms with Gasteiger partial charge in [-0.15, -0.1) is 10.2 Å². The number of anilines is 2. The van der Waals surface area contributed by atoms with Crippen molar-refractivity contribution in [3.63, 3.8) is 0 Å². The lowest BCUT2D eigenvalue weighted by molar-refractivity contribution is 0.102. The van der Waals surface area contributed by atoms with E-state index < -0.39 is 0 Å². The molecule has 0 aliphatic carbocycles. The van der Waals surface area contributed by atoms with Crippen LogP contribution in [0.1, 0.15) is 50.7 Å². The second kappa shape index (κ2) is 7.43. The molecule has 24 heavy (non-hydrogen) atoms. The van der Waals surface area contributed by atoms with Gasteiger partial charge in [-0.3, -0.25) is 4.79 Å². The SMILES string of the molecule is CC(C)CNc1ccc(C(=O)Nc2ccccc2C(C)(C)C)nn1. The predicted octanol–water partition coefficient (Wildman–Crippen LogP) is 4.09. The topological polar surface area (TPSA) is 66.9 Å². The zero-order valence-corrected chi connectivity index (χ0v) is 15.1. The van der Waals surface area contributed by atoms with Crippen molar-refractivity contribution in [2.24, 2.45) is 5.92 Å². The van der Waals surface area contributed by atoms with Crippen molar-refractivity contribution in [3.8, 4) is 0 Å². The van der Waals surface area contributed by atoms with Crippen LogP contribution in [0.25, 0.3) is 0 Å². The minimum absolute atomic E-state index is 0.0554. The molecule has 5 heteroatoms. The van der Waals surface area contributed by atoms with Gasteiger partial charge in [-0.2, -0.15) is 0 Å². The molecule has 0 saturated heterocycles. The highest BCUT2D eigenvalue weighted by Gasteiger charge is 2.19. The van der Waals surface area contributed by atoms with Crippen LogP contribution in [0.15, 0.2) is 36.4 Å². The lowest BCUT2D eigenvalue weighted by Crippen LogP contribution is -2.20. The molecule has 1 heterocycles. The van der Waals surface area contributed by atoms with Gasteiger partial charge in [0, 0.05) is 12.2 Å². The average Bonchev–Trinajstić information content (AvgIpc) is 2.53. The Bertz CT molecular complexity index is 687. The lowest BCUT2D eigenvalue weighted by Gasteiger charge is -2.22. The maximum atomic E-state index is 12.4. The van der Waals surface area contributed by atoms with Crippen molar-refractivity contribution >= 4 is 17.4 Å². The summed E-state index contributed by atoms with van der Waals surface area (Å²) in [4.78, 5) is 12.4. The highest BCUT2D eigenvalue weighted by Crippen LogP contribution is 2.29. The summed E-state index contributed by atoms with van der Waals surface area (Å²) in [5, 5.41) is 14.2. The van der Waals surface area contributed by atoms with E-state index >= 15 is 0 Å². The summed E-state index contributed by atoms with van der Waals surface area (Å²) in [6.45, 7) is 11.4. The van der Waals surface area contributed by atoms with E-state index in [-0.39, 0.29) is 11.3 Å². The van der Waals surface area contributed by atoms with Crippen molar-refractivity contribution in [1.29, 1.82) is 0 Å².